The zero-order valence-electron chi connectivity index (χ0n) is 24.4. The highest BCUT2D eigenvalue weighted by molar-refractivity contribution is 6.05. The molecule has 0 radical (unpaired) electrons. The first-order valence-corrected chi connectivity index (χ1v) is 13.8. The van der Waals surface area contributed by atoms with E-state index in [4.69, 9.17) is 0 Å². The number of fused-ring (bicyclic) bond motifs is 4. The van der Waals surface area contributed by atoms with Crippen LogP contribution in [0.25, 0.3) is 16.5 Å². The molecule has 6 nitrogen and oxygen atoms in total. The van der Waals surface area contributed by atoms with Crippen LogP contribution >= 0.6 is 0 Å². The number of rotatable bonds is 9. The van der Waals surface area contributed by atoms with Gasteiger partial charge in [0.25, 0.3) is 0 Å². The van der Waals surface area contributed by atoms with E-state index in [0.29, 0.717) is 0 Å². The summed E-state index contributed by atoms with van der Waals surface area (Å²) in [5.74, 6) is 0.876. The first-order chi connectivity index (χ1) is 19.4. The van der Waals surface area contributed by atoms with Crippen molar-refractivity contribution >= 4 is 39.4 Å². The molecule has 1 unspecified atom stereocenters. The Morgan fingerprint density at radius 2 is 1.85 bits per heavy atom. The van der Waals surface area contributed by atoms with Gasteiger partial charge in [0, 0.05) is 68.1 Å². The van der Waals surface area contributed by atoms with Crippen LogP contribution in [-0.2, 0) is 19.6 Å². The van der Waals surface area contributed by atoms with Gasteiger partial charge in [0.05, 0.1) is 5.69 Å². The van der Waals surface area contributed by atoms with E-state index in [1.165, 1.54) is 33.2 Å². The SMILES string of the molecule is C=C.C=C1NC(C)=Nc2ccc3ccc(CNc4ccc5c(c4)CN(C(CCC(C)=NC)C(=C)NC)C5)cc3c21. The van der Waals surface area contributed by atoms with E-state index < -0.39 is 0 Å². The van der Waals surface area contributed by atoms with Gasteiger partial charge in [-0.15, -0.1) is 13.2 Å². The van der Waals surface area contributed by atoms with Crippen molar-refractivity contribution in [1.82, 2.24) is 15.5 Å². The van der Waals surface area contributed by atoms with E-state index in [1.54, 1.807) is 0 Å². The van der Waals surface area contributed by atoms with E-state index in [9.17, 15) is 0 Å². The smallest absolute Gasteiger partial charge is 0.103 e. The van der Waals surface area contributed by atoms with Crippen LogP contribution in [0.15, 0.2) is 90.5 Å². The summed E-state index contributed by atoms with van der Waals surface area (Å²) in [5.41, 5.74) is 10.4. The van der Waals surface area contributed by atoms with Crippen molar-refractivity contribution in [1.29, 1.82) is 0 Å². The number of hydrogen-bond acceptors (Lipinski definition) is 6. The lowest BCUT2D eigenvalue weighted by Gasteiger charge is -2.29. The molecule has 0 fully saturated rings. The van der Waals surface area contributed by atoms with E-state index in [1.807, 2.05) is 21.0 Å². The van der Waals surface area contributed by atoms with E-state index >= 15 is 0 Å². The fourth-order valence-electron chi connectivity index (χ4n) is 5.52. The van der Waals surface area contributed by atoms with Crippen LogP contribution in [0.1, 0.15) is 48.9 Å². The molecule has 3 N–H and O–H groups in total. The number of benzene rings is 3. The second-order valence-electron chi connectivity index (χ2n) is 10.3. The Labute approximate surface area is 239 Å². The average Bonchev–Trinajstić information content (AvgIpc) is 3.39. The molecule has 0 aromatic heterocycles. The fraction of sp³-hybridized carbons (Fsp3) is 0.294. The Kier molecular flexibility index (Phi) is 9.22. The first-order valence-electron chi connectivity index (χ1n) is 13.8. The average molecular weight is 535 g/mol. The molecule has 2 heterocycles. The maximum absolute atomic E-state index is 4.67. The van der Waals surface area contributed by atoms with Crippen LogP contribution in [-0.4, -0.2) is 36.6 Å². The number of aliphatic imine (C=N–C) groups is 2. The van der Waals surface area contributed by atoms with Crippen molar-refractivity contribution in [2.45, 2.75) is 52.4 Å². The van der Waals surface area contributed by atoms with Crippen LogP contribution in [0, 0.1) is 0 Å². The fourth-order valence-corrected chi connectivity index (χ4v) is 5.52. The number of likely N-dealkylation sites (N-methyl/N-ethyl adjacent to an activating group) is 1. The number of nitrogens with zero attached hydrogens (tertiary/aromatic N) is 3. The molecule has 2 aliphatic rings. The van der Waals surface area contributed by atoms with Gasteiger partial charge < -0.3 is 16.0 Å². The molecule has 0 spiro atoms. The first kappa shape index (κ1) is 28.8. The molecule has 0 aliphatic carbocycles. The maximum Gasteiger partial charge on any atom is 0.103 e. The number of hydrogen-bond donors (Lipinski definition) is 3. The minimum Gasteiger partial charge on any atom is -0.391 e. The zero-order chi connectivity index (χ0) is 28.8. The highest BCUT2D eigenvalue weighted by Gasteiger charge is 2.27. The monoisotopic (exact) mass is 534 g/mol. The highest BCUT2D eigenvalue weighted by Crippen LogP contribution is 2.35. The van der Waals surface area contributed by atoms with Crippen molar-refractivity contribution in [3.05, 3.63) is 103 Å². The Bertz CT molecular complexity index is 1480. The zero-order valence-corrected chi connectivity index (χ0v) is 24.4. The largest absolute Gasteiger partial charge is 0.391 e. The molecule has 0 saturated heterocycles. The lowest BCUT2D eigenvalue weighted by molar-refractivity contribution is 0.212. The summed E-state index contributed by atoms with van der Waals surface area (Å²) in [6.45, 7) is 21.2. The Hall–Kier alpha value is -4.16. The van der Waals surface area contributed by atoms with Gasteiger partial charge in [0.15, 0.2) is 0 Å². The molecule has 6 heteroatoms. The Morgan fingerprint density at radius 3 is 2.60 bits per heavy atom. The van der Waals surface area contributed by atoms with Crippen molar-refractivity contribution in [3.63, 3.8) is 0 Å². The van der Waals surface area contributed by atoms with Gasteiger partial charge in [-0.1, -0.05) is 37.4 Å². The summed E-state index contributed by atoms with van der Waals surface area (Å²) in [5, 5.41) is 12.6. The van der Waals surface area contributed by atoms with Crippen LogP contribution in [0.2, 0.25) is 0 Å². The second kappa shape index (κ2) is 12.8. The molecule has 2 aliphatic heterocycles. The quantitative estimate of drug-likeness (QED) is 0.201. The standard InChI is InChI=1S/C32H38N6.C2H4/c1-20(33-5)7-14-31(21(2)34-6)38-18-26-10-12-28(16-27(26)19-38)35-17-24-8-9-25-11-13-30-32(29(25)15-24)22(3)36-23(4)37-30;1-2/h8-13,15-16,31,34-35H,2-3,7,14,17-19H2,1,4-6H3,(H,36,37);1-2H2. The summed E-state index contributed by atoms with van der Waals surface area (Å²) in [6.07, 6.45) is 1.99. The Balaban J connectivity index is 0.00000181. The molecule has 0 saturated carbocycles. The lowest BCUT2D eigenvalue weighted by Crippen LogP contribution is -2.36. The molecular formula is C34H42N6. The normalized spacial score (nSPS) is 15.2. The number of nitrogens with one attached hydrogen (secondary N) is 3. The molecule has 208 valence electrons. The van der Waals surface area contributed by atoms with Crippen molar-refractivity contribution < 1.29 is 0 Å². The molecule has 40 heavy (non-hydrogen) atoms. The van der Waals surface area contributed by atoms with Crippen molar-refractivity contribution in [2.24, 2.45) is 9.98 Å². The van der Waals surface area contributed by atoms with Crippen molar-refractivity contribution in [3.8, 4) is 0 Å². The molecule has 0 amide bonds. The third kappa shape index (κ3) is 6.18. The van der Waals surface area contributed by atoms with Gasteiger partial charge in [-0.3, -0.25) is 9.89 Å². The van der Waals surface area contributed by atoms with Gasteiger partial charge in [-0.2, -0.15) is 0 Å². The third-order valence-electron chi connectivity index (χ3n) is 7.76. The minimum absolute atomic E-state index is 0.279. The number of anilines is 1. The predicted molar refractivity (Wildman–Crippen MR) is 173 cm³/mol. The van der Waals surface area contributed by atoms with Gasteiger partial charge in [-0.05, 0) is 78.4 Å². The van der Waals surface area contributed by atoms with Gasteiger partial charge in [0.1, 0.15) is 5.84 Å². The number of amidine groups is 1. The summed E-state index contributed by atoms with van der Waals surface area (Å²) in [4.78, 5) is 11.5. The summed E-state index contributed by atoms with van der Waals surface area (Å²) < 4.78 is 0. The molecule has 5 rings (SSSR count). The third-order valence-corrected chi connectivity index (χ3v) is 7.76. The van der Waals surface area contributed by atoms with Crippen LogP contribution in [0.3, 0.4) is 0 Å². The Morgan fingerprint density at radius 1 is 1.10 bits per heavy atom. The summed E-state index contributed by atoms with van der Waals surface area (Å²) >= 11 is 0. The van der Waals surface area contributed by atoms with Crippen LogP contribution in [0.4, 0.5) is 11.4 Å². The van der Waals surface area contributed by atoms with Gasteiger partial charge in [0.2, 0.25) is 0 Å². The lowest BCUT2D eigenvalue weighted by atomic mass is 9.97. The van der Waals surface area contributed by atoms with E-state index in [-0.39, 0.29) is 6.04 Å². The van der Waals surface area contributed by atoms with Crippen LogP contribution < -0.4 is 16.0 Å². The molecule has 1 atom stereocenters. The summed E-state index contributed by atoms with van der Waals surface area (Å²) in [7, 11) is 3.83. The molecule has 3 aromatic rings. The van der Waals surface area contributed by atoms with Crippen LogP contribution in [0.5, 0.6) is 0 Å². The van der Waals surface area contributed by atoms with Gasteiger partial charge in [-0.25, -0.2) is 4.99 Å². The van der Waals surface area contributed by atoms with Crippen molar-refractivity contribution in [2.75, 3.05) is 19.4 Å². The van der Waals surface area contributed by atoms with E-state index in [2.05, 4.69) is 113 Å². The maximum atomic E-state index is 4.67. The van der Waals surface area contributed by atoms with Gasteiger partial charge >= 0.3 is 0 Å². The van der Waals surface area contributed by atoms with E-state index in [0.717, 1.165) is 66.6 Å². The molecule has 3 aromatic carbocycles. The minimum atomic E-state index is 0.279. The molecule has 0 bridgehead atoms. The second-order valence-corrected chi connectivity index (χ2v) is 10.3. The molecular weight excluding hydrogens is 492 g/mol. The topological polar surface area (TPSA) is 64.0 Å². The predicted octanol–water partition coefficient (Wildman–Crippen LogP) is 7.17. The summed E-state index contributed by atoms with van der Waals surface area (Å²) in [6, 6.07) is 17.9. The highest BCUT2D eigenvalue weighted by atomic mass is 15.2.